The number of benzene rings is 1. The van der Waals surface area contributed by atoms with E-state index in [1.807, 2.05) is 13.8 Å². The van der Waals surface area contributed by atoms with E-state index in [-0.39, 0.29) is 23.3 Å². The van der Waals surface area contributed by atoms with E-state index < -0.39 is 16.0 Å². The number of esters is 1. The molecule has 0 aliphatic rings. The van der Waals surface area contributed by atoms with Gasteiger partial charge in [-0.25, -0.2) is 13.2 Å². The van der Waals surface area contributed by atoms with E-state index in [4.69, 9.17) is 9.26 Å². The molecule has 152 valence electrons. The van der Waals surface area contributed by atoms with Gasteiger partial charge < -0.3 is 9.26 Å². The fourth-order valence-corrected chi connectivity index (χ4v) is 3.83. The first kappa shape index (κ1) is 21.8. The molecule has 1 aromatic carbocycles. The second-order valence-electron chi connectivity index (χ2n) is 6.30. The van der Waals surface area contributed by atoms with Crippen LogP contribution in [-0.4, -0.2) is 41.9 Å². The Morgan fingerprint density at radius 3 is 2.39 bits per heavy atom. The van der Waals surface area contributed by atoms with E-state index >= 15 is 0 Å². The number of rotatable bonds is 9. The van der Waals surface area contributed by atoms with Crippen LogP contribution in [-0.2, 0) is 26.2 Å². The molecule has 0 fully saturated rings. The molecule has 0 saturated heterocycles. The molecule has 0 bridgehead atoms. The third-order valence-electron chi connectivity index (χ3n) is 3.97. The molecule has 1 heterocycles. The summed E-state index contributed by atoms with van der Waals surface area (Å²) in [5, 5.41) is 3.79. The largest absolute Gasteiger partial charge is 0.452 e. The zero-order chi connectivity index (χ0) is 20.7. The van der Waals surface area contributed by atoms with E-state index in [9.17, 15) is 13.2 Å². The third-order valence-corrected chi connectivity index (χ3v) is 6.04. The number of ether oxygens (including phenoxy) is 1. The Bertz CT molecular complexity index is 913. The highest BCUT2D eigenvalue weighted by atomic mass is 32.2. The number of nitrogens with zero attached hydrogens (tertiary/aromatic N) is 3. The Labute approximate surface area is 165 Å². The molecule has 0 radical (unpaired) electrons. The third kappa shape index (κ3) is 5.49. The lowest BCUT2D eigenvalue weighted by atomic mass is 10.2. The summed E-state index contributed by atoms with van der Waals surface area (Å²) in [6.45, 7) is 8.16. The monoisotopic (exact) mass is 407 g/mol. The minimum atomic E-state index is -3.50. The van der Waals surface area contributed by atoms with Gasteiger partial charge >= 0.3 is 5.97 Å². The molecule has 0 unspecified atom stereocenters. The molecule has 2 rings (SSSR count). The van der Waals surface area contributed by atoms with Crippen molar-refractivity contribution in [3.63, 3.8) is 0 Å². The minimum absolute atomic E-state index is 0.107. The van der Waals surface area contributed by atoms with Crippen molar-refractivity contribution >= 4 is 22.1 Å². The lowest BCUT2D eigenvalue weighted by molar-refractivity contribution is -0.139. The number of carbonyl (C=O) groups excluding carboxylic acids is 1. The lowest BCUT2D eigenvalue weighted by Gasteiger charge is -2.18. The van der Waals surface area contributed by atoms with Crippen molar-refractivity contribution in [1.82, 2.24) is 14.4 Å². The first-order valence-electron chi connectivity index (χ1n) is 9.05. The Balaban J connectivity index is 1.95. The van der Waals surface area contributed by atoms with E-state index in [0.717, 1.165) is 0 Å². The van der Waals surface area contributed by atoms with Crippen molar-refractivity contribution in [2.45, 2.75) is 45.1 Å². The van der Waals surface area contributed by atoms with Crippen LogP contribution in [0.5, 0.6) is 0 Å². The molecule has 8 nitrogen and oxygen atoms in total. The smallest absolute Gasteiger partial charge is 0.331 e. The van der Waals surface area contributed by atoms with Gasteiger partial charge in [0.2, 0.25) is 10.0 Å². The van der Waals surface area contributed by atoms with Crippen molar-refractivity contribution in [2.75, 3.05) is 13.1 Å². The maximum absolute atomic E-state index is 12.4. The quantitative estimate of drug-likeness (QED) is 0.465. The zero-order valence-corrected chi connectivity index (χ0v) is 17.3. The van der Waals surface area contributed by atoms with Gasteiger partial charge in [-0.2, -0.15) is 9.29 Å². The lowest BCUT2D eigenvalue weighted by Crippen LogP contribution is -2.30. The van der Waals surface area contributed by atoms with Crippen LogP contribution < -0.4 is 0 Å². The highest BCUT2D eigenvalue weighted by Gasteiger charge is 2.20. The van der Waals surface area contributed by atoms with Crippen LogP contribution in [0.2, 0.25) is 0 Å². The Hall–Kier alpha value is -2.52. The van der Waals surface area contributed by atoms with Crippen molar-refractivity contribution in [1.29, 1.82) is 0 Å². The molecule has 2 aromatic rings. The summed E-state index contributed by atoms with van der Waals surface area (Å²) in [5.41, 5.74) is 0.676. The summed E-state index contributed by atoms with van der Waals surface area (Å²) >= 11 is 0. The van der Waals surface area contributed by atoms with Crippen LogP contribution in [0, 0.1) is 0 Å². The molecule has 0 N–H and O–H groups in total. The summed E-state index contributed by atoms with van der Waals surface area (Å²) in [7, 11) is -3.50. The van der Waals surface area contributed by atoms with Crippen LogP contribution in [0.25, 0.3) is 6.08 Å². The predicted octanol–water partition coefficient (Wildman–Crippen LogP) is 2.98. The zero-order valence-electron chi connectivity index (χ0n) is 16.5. The van der Waals surface area contributed by atoms with E-state index in [0.29, 0.717) is 24.5 Å². The van der Waals surface area contributed by atoms with Crippen molar-refractivity contribution in [3.8, 4) is 0 Å². The van der Waals surface area contributed by atoms with Gasteiger partial charge in [0.05, 0.1) is 4.90 Å². The van der Waals surface area contributed by atoms with Gasteiger partial charge in [-0.05, 0) is 23.8 Å². The average Bonchev–Trinajstić information content (AvgIpc) is 3.15. The van der Waals surface area contributed by atoms with E-state index in [2.05, 4.69) is 10.1 Å². The fourth-order valence-electron chi connectivity index (χ4n) is 2.37. The average molecular weight is 407 g/mol. The molecule has 0 aliphatic heterocycles. The number of sulfonamides is 1. The standard InChI is InChI=1S/C19H25N3O5S/c1-5-22(6-2)28(24,25)16-10-7-15(8-11-16)9-12-18(23)26-13-17-20-19(14(3)4)21-27-17/h7-12,14H,5-6,13H2,1-4H3/b12-9+. The predicted molar refractivity (Wildman–Crippen MR) is 104 cm³/mol. The topological polar surface area (TPSA) is 103 Å². The number of carbonyl (C=O) groups is 1. The molecular formula is C19H25N3O5S. The fraction of sp³-hybridized carbons (Fsp3) is 0.421. The molecule has 0 atom stereocenters. The summed E-state index contributed by atoms with van der Waals surface area (Å²) in [6.07, 6.45) is 2.80. The summed E-state index contributed by atoms with van der Waals surface area (Å²) in [5.74, 6) is 0.350. The molecule has 1 aromatic heterocycles. The van der Waals surface area contributed by atoms with Gasteiger partial charge in [0.1, 0.15) is 0 Å². The van der Waals surface area contributed by atoms with Crippen LogP contribution >= 0.6 is 0 Å². The maximum atomic E-state index is 12.4. The van der Waals surface area contributed by atoms with Crippen LogP contribution in [0.3, 0.4) is 0 Å². The van der Waals surface area contributed by atoms with Gasteiger partial charge in [0.15, 0.2) is 12.4 Å². The van der Waals surface area contributed by atoms with Crippen molar-refractivity contribution in [3.05, 3.63) is 47.6 Å². The Morgan fingerprint density at radius 2 is 1.86 bits per heavy atom. The van der Waals surface area contributed by atoms with Crippen LogP contribution in [0.4, 0.5) is 0 Å². The van der Waals surface area contributed by atoms with Gasteiger partial charge in [-0.3, -0.25) is 0 Å². The molecule has 0 spiro atoms. The van der Waals surface area contributed by atoms with Gasteiger partial charge in [0, 0.05) is 25.1 Å². The Kier molecular flexibility index (Phi) is 7.47. The molecule has 0 aliphatic carbocycles. The summed E-state index contributed by atoms with van der Waals surface area (Å²) in [6, 6.07) is 6.30. The first-order chi connectivity index (χ1) is 13.3. The molecular weight excluding hydrogens is 382 g/mol. The van der Waals surface area contributed by atoms with Crippen molar-refractivity contribution in [2.24, 2.45) is 0 Å². The van der Waals surface area contributed by atoms with Gasteiger partial charge in [-0.1, -0.05) is 45.0 Å². The summed E-state index contributed by atoms with van der Waals surface area (Å²) in [4.78, 5) is 16.2. The van der Waals surface area contributed by atoms with Gasteiger partial charge in [0.25, 0.3) is 5.89 Å². The molecule has 0 amide bonds. The SMILES string of the molecule is CCN(CC)S(=O)(=O)c1ccc(/C=C/C(=O)OCc2nc(C(C)C)no2)cc1. The Morgan fingerprint density at radius 1 is 1.21 bits per heavy atom. The van der Waals surface area contributed by atoms with Gasteiger partial charge in [-0.15, -0.1) is 0 Å². The molecule has 0 saturated carbocycles. The van der Waals surface area contributed by atoms with E-state index in [1.165, 1.54) is 22.5 Å². The summed E-state index contributed by atoms with van der Waals surface area (Å²) < 4.78 is 36.3. The van der Waals surface area contributed by atoms with Crippen molar-refractivity contribution < 1.29 is 22.5 Å². The second kappa shape index (κ2) is 9.61. The highest BCUT2D eigenvalue weighted by molar-refractivity contribution is 7.89. The number of aromatic nitrogens is 2. The number of hydrogen-bond acceptors (Lipinski definition) is 7. The molecule has 9 heteroatoms. The minimum Gasteiger partial charge on any atom is -0.452 e. The normalized spacial score (nSPS) is 12.2. The first-order valence-corrected chi connectivity index (χ1v) is 10.5. The molecule has 28 heavy (non-hydrogen) atoms. The highest BCUT2D eigenvalue weighted by Crippen LogP contribution is 2.17. The van der Waals surface area contributed by atoms with Crippen LogP contribution in [0.15, 0.2) is 39.8 Å². The van der Waals surface area contributed by atoms with E-state index in [1.54, 1.807) is 32.1 Å². The number of hydrogen-bond donors (Lipinski definition) is 0. The second-order valence-corrected chi connectivity index (χ2v) is 8.24. The maximum Gasteiger partial charge on any atom is 0.331 e. The van der Waals surface area contributed by atoms with Crippen LogP contribution in [0.1, 0.15) is 50.9 Å².